The Morgan fingerprint density at radius 3 is 2.67 bits per heavy atom. The number of aromatic hydroxyl groups is 2. The SMILES string of the molecule is C=CC1C(OC2OCC(OC(=O)C=Cc3ccc(O)c(O)c3)C(O)C2O)OC=C2C(=O)OCCC21O. The Morgan fingerprint density at radius 1 is 1.17 bits per heavy atom. The Hall–Kier alpha value is -3.42. The van der Waals surface area contributed by atoms with Crippen molar-refractivity contribution in [1.29, 1.82) is 0 Å². The molecule has 0 radical (unpaired) electrons. The van der Waals surface area contributed by atoms with Crippen LogP contribution >= 0.6 is 0 Å². The minimum Gasteiger partial charge on any atom is -0.504 e. The number of aliphatic hydroxyl groups excluding tert-OH is 2. The van der Waals surface area contributed by atoms with Gasteiger partial charge >= 0.3 is 11.9 Å². The van der Waals surface area contributed by atoms with E-state index in [1.54, 1.807) is 0 Å². The molecule has 5 N–H and O–H groups in total. The van der Waals surface area contributed by atoms with Crippen molar-refractivity contribution in [1.82, 2.24) is 0 Å². The first-order valence-corrected chi connectivity index (χ1v) is 11.1. The number of fused-ring (bicyclic) bond motifs is 1. The molecule has 194 valence electrons. The van der Waals surface area contributed by atoms with Crippen molar-refractivity contribution < 1.29 is 58.8 Å². The molecule has 3 aliphatic heterocycles. The molecule has 7 atom stereocenters. The molecule has 1 aromatic carbocycles. The van der Waals surface area contributed by atoms with Gasteiger partial charge in [-0.1, -0.05) is 12.1 Å². The smallest absolute Gasteiger partial charge is 0.340 e. The van der Waals surface area contributed by atoms with Crippen molar-refractivity contribution in [2.24, 2.45) is 5.92 Å². The van der Waals surface area contributed by atoms with Gasteiger partial charge in [0.15, 0.2) is 23.9 Å². The number of hydrogen-bond acceptors (Lipinski definition) is 12. The Kier molecular flexibility index (Phi) is 7.33. The van der Waals surface area contributed by atoms with Crippen LogP contribution in [0.25, 0.3) is 6.08 Å². The number of phenols is 2. The van der Waals surface area contributed by atoms with Crippen LogP contribution in [0, 0.1) is 5.92 Å². The molecule has 3 aliphatic rings. The summed E-state index contributed by atoms with van der Waals surface area (Å²) in [5, 5.41) is 50.9. The summed E-state index contributed by atoms with van der Waals surface area (Å²) in [6, 6.07) is 3.94. The fraction of sp³-hybridized carbons (Fsp3) is 0.417. The van der Waals surface area contributed by atoms with Crippen molar-refractivity contribution in [3.63, 3.8) is 0 Å². The Morgan fingerprint density at radius 2 is 1.94 bits per heavy atom. The third kappa shape index (κ3) is 4.94. The molecule has 0 saturated carbocycles. The molecule has 0 aromatic heterocycles. The van der Waals surface area contributed by atoms with Crippen LogP contribution in [0.3, 0.4) is 0 Å². The van der Waals surface area contributed by atoms with Gasteiger partial charge in [-0.15, -0.1) is 6.58 Å². The summed E-state index contributed by atoms with van der Waals surface area (Å²) >= 11 is 0. The number of ether oxygens (including phenoxy) is 5. The average molecular weight is 506 g/mol. The lowest BCUT2D eigenvalue weighted by molar-refractivity contribution is -0.324. The maximum absolute atomic E-state index is 12.2. The van der Waals surface area contributed by atoms with Crippen LogP contribution in [0.5, 0.6) is 11.5 Å². The van der Waals surface area contributed by atoms with Gasteiger partial charge in [0.2, 0.25) is 6.29 Å². The van der Waals surface area contributed by atoms with E-state index in [2.05, 4.69) is 6.58 Å². The van der Waals surface area contributed by atoms with Gasteiger partial charge < -0.3 is 49.2 Å². The monoisotopic (exact) mass is 506 g/mol. The van der Waals surface area contributed by atoms with Crippen molar-refractivity contribution >= 4 is 18.0 Å². The largest absolute Gasteiger partial charge is 0.504 e. The van der Waals surface area contributed by atoms with Gasteiger partial charge in [-0.25, -0.2) is 9.59 Å². The van der Waals surface area contributed by atoms with E-state index in [0.717, 1.165) is 12.3 Å². The molecule has 1 aromatic rings. The summed E-state index contributed by atoms with van der Waals surface area (Å²) in [6.07, 6.45) is -2.25. The summed E-state index contributed by atoms with van der Waals surface area (Å²) in [4.78, 5) is 24.2. The summed E-state index contributed by atoms with van der Waals surface area (Å²) < 4.78 is 26.6. The second-order valence-electron chi connectivity index (χ2n) is 8.48. The summed E-state index contributed by atoms with van der Waals surface area (Å²) in [7, 11) is 0. The Balaban J connectivity index is 1.36. The summed E-state index contributed by atoms with van der Waals surface area (Å²) in [6.45, 7) is 3.33. The predicted molar refractivity (Wildman–Crippen MR) is 119 cm³/mol. The van der Waals surface area contributed by atoms with Crippen LogP contribution in [0.2, 0.25) is 0 Å². The van der Waals surface area contributed by atoms with E-state index in [1.807, 2.05) is 0 Å². The summed E-state index contributed by atoms with van der Waals surface area (Å²) in [5.41, 5.74) is -1.33. The third-order valence-corrected chi connectivity index (χ3v) is 6.20. The van der Waals surface area contributed by atoms with Gasteiger partial charge in [0, 0.05) is 12.5 Å². The highest BCUT2D eigenvalue weighted by atomic mass is 16.8. The first kappa shape index (κ1) is 25.7. The van der Waals surface area contributed by atoms with Gasteiger partial charge in [0.1, 0.15) is 23.4 Å². The first-order chi connectivity index (χ1) is 17.1. The molecule has 36 heavy (non-hydrogen) atoms. The van der Waals surface area contributed by atoms with Crippen LogP contribution < -0.4 is 0 Å². The molecule has 2 fully saturated rings. The maximum Gasteiger partial charge on any atom is 0.340 e. The molecule has 3 heterocycles. The number of cyclic esters (lactones) is 1. The zero-order chi connectivity index (χ0) is 26.0. The number of carbonyl (C=O) groups is 2. The van der Waals surface area contributed by atoms with E-state index in [0.29, 0.717) is 5.56 Å². The minimum absolute atomic E-state index is 0.0135. The molecule has 12 heteroatoms. The number of rotatable bonds is 6. The fourth-order valence-corrected chi connectivity index (χ4v) is 4.17. The molecule has 0 amide bonds. The van der Waals surface area contributed by atoms with Crippen LogP contribution in [-0.4, -0.2) is 87.2 Å². The van der Waals surface area contributed by atoms with Gasteiger partial charge in [-0.05, 0) is 23.8 Å². The fourth-order valence-electron chi connectivity index (χ4n) is 4.17. The highest BCUT2D eigenvalue weighted by Crippen LogP contribution is 2.42. The zero-order valence-electron chi connectivity index (χ0n) is 18.9. The van der Waals surface area contributed by atoms with E-state index < -0.39 is 54.3 Å². The predicted octanol–water partition coefficient (Wildman–Crippen LogP) is -0.162. The highest BCUT2D eigenvalue weighted by molar-refractivity contribution is 5.91. The van der Waals surface area contributed by atoms with Gasteiger partial charge in [-0.3, -0.25) is 0 Å². The van der Waals surface area contributed by atoms with E-state index in [1.165, 1.54) is 30.4 Å². The molecule has 0 spiro atoms. The number of carbonyl (C=O) groups excluding carboxylic acids is 2. The minimum atomic E-state index is -1.66. The number of hydrogen-bond donors (Lipinski definition) is 5. The van der Waals surface area contributed by atoms with E-state index in [9.17, 15) is 35.1 Å². The standard InChI is InChI=1S/C24H26O12/c1-2-13-22(33-10-14-21(30)32-8-7-24(13,14)31)36-23-20(29)19(28)17(11-34-23)35-18(27)6-4-12-3-5-15(25)16(26)9-12/h2-6,9-10,13,17,19-20,22-23,25-26,28-29,31H,1,7-8,11H2. The number of phenolic OH excluding ortho intramolecular Hbond substituents is 2. The van der Waals surface area contributed by atoms with E-state index >= 15 is 0 Å². The highest BCUT2D eigenvalue weighted by Gasteiger charge is 2.54. The normalized spacial score (nSPS) is 34.2. The lowest BCUT2D eigenvalue weighted by atomic mass is 9.76. The van der Waals surface area contributed by atoms with E-state index in [-0.39, 0.29) is 36.7 Å². The lowest BCUT2D eigenvalue weighted by Gasteiger charge is -2.45. The van der Waals surface area contributed by atoms with Gasteiger partial charge in [-0.2, -0.15) is 0 Å². The lowest BCUT2D eigenvalue weighted by Crippen LogP contribution is -2.59. The Bertz CT molecular complexity index is 1080. The molecule has 2 saturated heterocycles. The average Bonchev–Trinajstić information content (AvgIpc) is 2.84. The van der Waals surface area contributed by atoms with Gasteiger partial charge in [0.25, 0.3) is 0 Å². The molecule has 7 unspecified atom stereocenters. The molecule has 12 nitrogen and oxygen atoms in total. The zero-order valence-corrected chi connectivity index (χ0v) is 18.9. The second kappa shape index (κ2) is 10.3. The van der Waals surface area contributed by atoms with Crippen molar-refractivity contribution in [3.05, 3.63) is 54.3 Å². The van der Waals surface area contributed by atoms with Crippen molar-refractivity contribution in [2.45, 2.75) is 42.9 Å². The molecule has 4 rings (SSSR count). The van der Waals surface area contributed by atoms with Crippen LogP contribution in [0.1, 0.15) is 12.0 Å². The second-order valence-corrected chi connectivity index (χ2v) is 8.48. The number of esters is 2. The van der Waals surface area contributed by atoms with Crippen LogP contribution in [0.15, 0.2) is 48.8 Å². The molecular formula is C24H26O12. The molecular weight excluding hydrogens is 480 g/mol. The maximum atomic E-state index is 12.2. The first-order valence-electron chi connectivity index (χ1n) is 11.1. The van der Waals surface area contributed by atoms with E-state index in [4.69, 9.17) is 23.7 Å². The van der Waals surface area contributed by atoms with Crippen LogP contribution in [-0.2, 0) is 33.3 Å². The third-order valence-electron chi connectivity index (χ3n) is 6.20. The Labute approximate surface area is 205 Å². The quantitative estimate of drug-likeness (QED) is 0.149. The van der Waals surface area contributed by atoms with Crippen molar-refractivity contribution in [2.75, 3.05) is 13.2 Å². The molecule has 0 bridgehead atoms. The number of benzene rings is 1. The van der Waals surface area contributed by atoms with Crippen molar-refractivity contribution in [3.8, 4) is 11.5 Å². The summed E-state index contributed by atoms with van der Waals surface area (Å²) in [5.74, 6) is -3.17. The topological polar surface area (TPSA) is 181 Å². The molecule has 0 aliphatic carbocycles. The number of aliphatic hydroxyl groups is 3. The van der Waals surface area contributed by atoms with Crippen LogP contribution in [0.4, 0.5) is 0 Å². The van der Waals surface area contributed by atoms with Gasteiger partial charge in [0.05, 0.1) is 25.4 Å².